The van der Waals surface area contributed by atoms with E-state index in [4.69, 9.17) is 9.57 Å². The summed E-state index contributed by atoms with van der Waals surface area (Å²) in [6.45, 7) is 0. The lowest BCUT2D eigenvalue weighted by Gasteiger charge is -2.17. The second-order valence-electron chi connectivity index (χ2n) is 7.53. The van der Waals surface area contributed by atoms with Crippen LogP contribution in [0.4, 0.5) is 24.5 Å². The van der Waals surface area contributed by atoms with Crippen LogP contribution in [-0.4, -0.2) is 46.0 Å². The molecule has 0 aliphatic heterocycles. The Morgan fingerprint density at radius 3 is 1.97 bits per heavy atom. The minimum Gasteiger partial charge on any atom is -0.495 e. The van der Waals surface area contributed by atoms with Crippen LogP contribution in [0.15, 0.2) is 71.6 Å². The van der Waals surface area contributed by atoms with Gasteiger partial charge >= 0.3 is 6.18 Å². The highest BCUT2D eigenvalue weighted by atomic mass is 32.2. The van der Waals surface area contributed by atoms with Gasteiger partial charge in [-0.2, -0.15) is 13.2 Å². The Morgan fingerprint density at radius 2 is 1.41 bits per heavy atom. The fourth-order valence-corrected chi connectivity index (χ4v) is 4.33. The topological polar surface area (TPSA) is 114 Å². The lowest BCUT2D eigenvalue weighted by Crippen LogP contribution is -2.26. The van der Waals surface area contributed by atoms with Crippen molar-refractivity contribution >= 4 is 33.2 Å². The number of rotatable bonds is 8. The number of nitrogens with one attached hydrogen (secondary N) is 2. The van der Waals surface area contributed by atoms with E-state index in [0.717, 1.165) is 25.3 Å². The molecule has 196 valence electrons. The molecule has 2 amide bonds. The van der Waals surface area contributed by atoms with E-state index in [9.17, 15) is 31.2 Å². The van der Waals surface area contributed by atoms with Crippen LogP contribution in [0.2, 0.25) is 0 Å². The van der Waals surface area contributed by atoms with E-state index in [1.165, 1.54) is 62.7 Å². The van der Waals surface area contributed by atoms with Crippen molar-refractivity contribution in [3.63, 3.8) is 0 Å². The number of alkyl halides is 3. The maximum atomic E-state index is 12.9. The number of methoxy groups -OCH3 is 1. The Hall–Kier alpha value is -3.94. The van der Waals surface area contributed by atoms with Gasteiger partial charge in [-0.25, -0.2) is 8.42 Å². The second-order valence-corrected chi connectivity index (χ2v) is 9.43. The molecule has 0 fully saturated rings. The Labute approximate surface area is 210 Å². The van der Waals surface area contributed by atoms with Crippen molar-refractivity contribution in [1.29, 1.82) is 0 Å². The minimum absolute atomic E-state index is 0.00582. The van der Waals surface area contributed by atoms with E-state index < -0.39 is 33.6 Å². The van der Waals surface area contributed by atoms with Gasteiger partial charge in [0.25, 0.3) is 21.8 Å². The van der Waals surface area contributed by atoms with Crippen LogP contribution < -0.4 is 15.4 Å². The molecular weight excluding hydrogens is 515 g/mol. The van der Waals surface area contributed by atoms with E-state index in [2.05, 4.69) is 10.6 Å². The molecule has 0 saturated carbocycles. The molecule has 0 atom stereocenters. The largest absolute Gasteiger partial charge is 0.495 e. The summed E-state index contributed by atoms with van der Waals surface area (Å²) in [5, 5.41) is 4.94. The average Bonchev–Trinajstić information content (AvgIpc) is 2.87. The molecule has 2 N–H and O–H groups in total. The number of amides is 2. The number of anilines is 2. The quantitative estimate of drug-likeness (QED) is 0.412. The van der Waals surface area contributed by atoms with Crippen LogP contribution in [0.1, 0.15) is 26.3 Å². The average molecular weight is 538 g/mol. The fourth-order valence-electron chi connectivity index (χ4n) is 3.17. The van der Waals surface area contributed by atoms with Gasteiger partial charge in [-0.1, -0.05) is 16.6 Å². The van der Waals surface area contributed by atoms with Gasteiger partial charge in [0.15, 0.2) is 0 Å². The number of ether oxygens (including phenoxy) is 1. The molecule has 3 rings (SSSR count). The molecule has 0 unspecified atom stereocenters. The molecule has 0 radical (unpaired) electrons. The highest BCUT2D eigenvalue weighted by Gasteiger charge is 2.30. The molecule has 0 bridgehead atoms. The standard InChI is InChI=1S/C24H22F3N3O6S/c1-30(36-3)37(33,34)21-13-16(10-11-20(21)35-2)23(32)28-18-8-4-6-15(12-18)22(31)29-19-9-5-7-17(14-19)24(25,26)27/h4-14H,1-3H3,(H,28,32)(H,29,31). The molecule has 0 aliphatic carbocycles. The van der Waals surface area contributed by atoms with Crippen LogP contribution in [0.3, 0.4) is 0 Å². The van der Waals surface area contributed by atoms with Crippen LogP contribution in [0, 0.1) is 0 Å². The number of nitrogens with zero attached hydrogens (tertiary/aromatic N) is 1. The van der Waals surface area contributed by atoms with Crippen molar-refractivity contribution in [2.45, 2.75) is 11.1 Å². The summed E-state index contributed by atoms with van der Waals surface area (Å²) in [5.74, 6) is -1.39. The lowest BCUT2D eigenvalue weighted by atomic mass is 10.1. The molecule has 0 spiro atoms. The zero-order chi connectivity index (χ0) is 27.4. The fraction of sp³-hybridized carbons (Fsp3) is 0.167. The summed E-state index contributed by atoms with van der Waals surface area (Å²) in [4.78, 5) is 29.9. The van der Waals surface area contributed by atoms with Crippen molar-refractivity contribution < 1.29 is 40.8 Å². The SMILES string of the molecule is COc1ccc(C(=O)Nc2cccc(C(=O)Nc3cccc(C(F)(F)F)c3)c2)cc1S(=O)(=O)N(C)OC. The smallest absolute Gasteiger partial charge is 0.416 e. The molecule has 9 nitrogen and oxygen atoms in total. The van der Waals surface area contributed by atoms with E-state index in [-0.39, 0.29) is 33.1 Å². The van der Waals surface area contributed by atoms with E-state index >= 15 is 0 Å². The van der Waals surface area contributed by atoms with Gasteiger partial charge in [-0.15, -0.1) is 0 Å². The monoisotopic (exact) mass is 537 g/mol. The Balaban J connectivity index is 1.81. The summed E-state index contributed by atoms with van der Waals surface area (Å²) in [5.41, 5.74) is -0.736. The van der Waals surface area contributed by atoms with Crippen molar-refractivity contribution in [2.24, 2.45) is 0 Å². The highest BCUT2D eigenvalue weighted by molar-refractivity contribution is 7.89. The Bertz CT molecular complexity index is 1430. The first-order chi connectivity index (χ1) is 17.4. The van der Waals surface area contributed by atoms with E-state index in [1.807, 2.05) is 0 Å². The first-order valence-corrected chi connectivity index (χ1v) is 11.9. The first kappa shape index (κ1) is 27.6. The molecule has 0 saturated heterocycles. The predicted octanol–water partition coefficient (Wildman–Crippen LogP) is 4.40. The molecular formula is C24H22F3N3O6S. The number of hydroxylamine groups is 1. The third-order valence-corrected chi connectivity index (χ3v) is 6.83. The number of carbonyl (C=O) groups excluding carboxylic acids is 2. The summed E-state index contributed by atoms with van der Waals surface area (Å²) in [6, 6.07) is 13.6. The minimum atomic E-state index is -4.56. The van der Waals surface area contributed by atoms with Crippen molar-refractivity contribution in [3.8, 4) is 5.75 Å². The van der Waals surface area contributed by atoms with Crippen molar-refractivity contribution in [3.05, 3.63) is 83.4 Å². The molecule has 37 heavy (non-hydrogen) atoms. The molecule has 0 aromatic heterocycles. The number of halogens is 3. The lowest BCUT2D eigenvalue weighted by molar-refractivity contribution is -0.137. The third-order valence-electron chi connectivity index (χ3n) is 5.13. The number of hydrogen-bond donors (Lipinski definition) is 2. The van der Waals surface area contributed by atoms with Gasteiger partial charge < -0.3 is 15.4 Å². The zero-order valence-corrected chi connectivity index (χ0v) is 20.6. The molecule has 3 aromatic carbocycles. The second kappa shape index (κ2) is 11.0. The van der Waals surface area contributed by atoms with Gasteiger partial charge in [0.05, 0.1) is 19.8 Å². The van der Waals surface area contributed by atoms with Gasteiger partial charge in [-0.05, 0) is 54.6 Å². The molecule has 3 aromatic rings. The van der Waals surface area contributed by atoms with Crippen molar-refractivity contribution in [1.82, 2.24) is 4.47 Å². The number of hydrogen-bond acceptors (Lipinski definition) is 6. The summed E-state index contributed by atoms with van der Waals surface area (Å²) in [6.07, 6.45) is -4.56. The van der Waals surface area contributed by atoms with Crippen LogP contribution in [-0.2, 0) is 21.0 Å². The zero-order valence-electron chi connectivity index (χ0n) is 19.8. The molecule has 13 heteroatoms. The molecule has 0 heterocycles. The first-order valence-electron chi connectivity index (χ1n) is 10.5. The number of sulfonamides is 1. The maximum Gasteiger partial charge on any atom is 0.416 e. The van der Waals surface area contributed by atoms with Gasteiger partial charge in [0.2, 0.25) is 0 Å². The van der Waals surface area contributed by atoms with Crippen molar-refractivity contribution in [2.75, 3.05) is 31.9 Å². The van der Waals surface area contributed by atoms with Gasteiger partial charge in [-0.3, -0.25) is 14.4 Å². The molecule has 0 aliphatic rings. The highest BCUT2D eigenvalue weighted by Crippen LogP contribution is 2.31. The van der Waals surface area contributed by atoms with E-state index in [1.54, 1.807) is 0 Å². The Kier molecular flexibility index (Phi) is 8.21. The normalized spacial score (nSPS) is 11.8. The summed E-state index contributed by atoms with van der Waals surface area (Å²) >= 11 is 0. The van der Waals surface area contributed by atoms with Crippen LogP contribution >= 0.6 is 0 Å². The third kappa shape index (κ3) is 6.44. The maximum absolute atomic E-state index is 12.9. The van der Waals surface area contributed by atoms with E-state index in [0.29, 0.717) is 4.47 Å². The van der Waals surface area contributed by atoms with Crippen LogP contribution in [0.5, 0.6) is 5.75 Å². The van der Waals surface area contributed by atoms with Gasteiger partial charge in [0.1, 0.15) is 10.6 Å². The summed E-state index contributed by atoms with van der Waals surface area (Å²) in [7, 11) is -0.522. The predicted molar refractivity (Wildman–Crippen MR) is 129 cm³/mol. The van der Waals surface area contributed by atoms with Crippen LogP contribution in [0.25, 0.3) is 0 Å². The number of carbonyl (C=O) groups is 2. The summed E-state index contributed by atoms with van der Waals surface area (Å²) < 4.78 is 69.9. The Morgan fingerprint density at radius 1 is 0.838 bits per heavy atom. The number of benzene rings is 3. The van der Waals surface area contributed by atoms with Gasteiger partial charge in [0, 0.05) is 29.5 Å².